The van der Waals surface area contributed by atoms with E-state index in [0.29, 0.717) is 30.1 Å². The summed E-state index contributed by atoms with van der Waals surface area (Å²) in [4.78, 5) is 35.5. The van der Waals surface area contributed by atoms with Crippen LogP contribution in [0.25, 0.3) is 6.08 Å². The van der Waals surface area contributed by atoms with Crippen LogP contribution in [0, 0.1) is 10.1 Å². The van der Waals surface area contributed by atoms with Gasteiger partial charge in [0.1, 0.15) is 6.61 Å². The third-order valence-corrected chi connectivity index (χ3v) is 3.74. The van der Waals surface area contributed by atoms with Gasteiger partial charge in [-0.1, -0.05) is 12.1 Å². The van der Waals surface area contributed by atoms with Gasteiger partial charge in [0.15, 0.2) is 0 Å². The van der Waals surface area contributed by atoms with Crippen molar-refractivity contribution in [3.05, 3.63) is 70.3 Å². The maximum absolute atomic E-state index is 12.2. The van der Waals surface area contributed by atoms with E-state index in [1.54, 1.807) is 42.5 Å². The van der Waals surface area contributed by atoms with Crippen LogP contribution < -0.4 is 10.2 Å². The maximum Gasteiger partial charge on any atom is 0.414 e. The summed E-state index contributed by atoms with van der Waals surface area (Å²) in [5, 5.41) is 13.4. The molecular formula is C18H15N3O5. The van der Waals surface area contributed by atoms with Crippen LogP contribution in [0.1, 0.15) is 5.56 Å². The third-order valence-electron chi connectivity index (χ3n) is 3.74. The Balaban J connectivity index is 1.70. The first-order valence-electron chi connectivity index (χ1n) is 7.81. The topological polar surface area (TPSA) is 102 Å². The lowest BCUT2D eigenvalue weighted by Crippen LogP contribution is -2.25. The highest BCUT2D eigenvalue weighted by Gasteiger charge is 2.25. The van der Waals surface area contributed by atoms with Gasteiger partial charge in [-0.05, 0) is 35.9 Å². The van der Waals surface area contributed by atoms with Gasteiger partial charge in [0.05, 0.1) is 22.8 Å². The molecule has 1 saturated heterocycles. The number of cyclic esters (lactones) is 1. The zero-order chi connectivity index (χ0) is 18.5. The van der Waals surface area contributed by atoms with Crippen LogP contribution in [0.4, 0.5) is 21.9 Å². The SMILES string of the molecule is O=C(C=Cc1ccc([N+](=O)[O-])cc1)Nc1ccccc1N1CCOC1=O. The van der Waals surface area contributed by atoms with Crippen molar-refractivity contribution in [3.63, 3.8) is 0 Å². The molecule has 8 nitrogen and oxygen atoms in total. The third kappa shape index (κ3) is 3.86. The van der Waals surface area contributed by atoms with Crippen molar-refractivity contribution in [1.82, 2.24) is 0 Å². The molecule has 1 aliphatic rings. The summed E-state index contributed by atoms with van der Waals surface area (Å²) in [6.45, 7) is 0.728. The second-order valence-corrected chi connectivity index (χ2v) is 5.45. The number of non-ortho nitro benzene ring substituents is 1. The van der Waals surface area contributed by atoms with Crippen molar-refractivity contribution < 1.29 is 19.2 Å². The second kappa shape index (κ2) is 7.47. The number of nitrogens with one attached hydrogen (secondary N) is 1. The van der Waals surface area contributed by atoms with Crippen molar-refractivity contribution in [2.24, 2.45) is 0 Å². The number of amides is 2. The summed E-state index contributed by atoms with van der Waals surface area (Å²) in [7, 11) is 0. The molecule has 0 aliphatic carbocycles. The van der Waals surface area contributed by atoms with Crippen LogP contribution in [-0.2, 0) is 9.53 Å². The van der Waals surface area contributed by atoms with Crippen molar-refractivity contribution in [2.45, 2.75) is 0 Å². The average Bonchev–Trinajstić information content (AvgIpc) is 3.06. The fraction of sp³-hybridized carbons (Fsp3) is 0.111. The number of nitro benzene ring substituents is 1. The maximum atomic E-state index is 12.2. The molecular weight excluding hydrogens is 338 g/mol. The van der Waals surface area contributed by atoms with Gasteiger partial charge in [0, 0.05) is 18.2 Å². The predicted octanol–water partition coefficient (Wildman–Crippen LogP) is 3.20. The first-order valence-corrected chi connectivity index (χ1v) is 7.81. The number of rotatable bonds is 5. The van der Waals surface area contributed by atoms with Gasteiger partial charge in [0.25, 0.3) is 5.69 Å². The summed E-state index contributed by atoms with van der Waals surface area (Å²) in [5.74, 6) is -0.386. The molecule has 0 aromatic heterocycles. The van der Waals surface area contributed by atoms with Crippen LogP contribution in [0.2, 0.25) is 0 Å². The van der Waals surface area contributed by atoms with Gasteiger partial charge in [-0.3, -0.25) is 19.8 Å². The molecule has 0 saturated carbocycles. The molecule has 132 valence electrons. The van der Waals surface area contributed by atoms with Gasteiger partial charge in [0.2, 0.25) is 5.91 Å². The van der Waals surface area contributed by atoms with Gasteiger partial charge in [-0.25, -0.2) is 4.79 Å². The van der Waals surface area contributed by atoms with Gasteiger partial charge in [-0.15, -0.1) is 0 Å². The molecule has 1 heterocycles. The van der Waals surface area contributed by atoms with E-state index >= 15 is 0 Å². The number of carbonyl (C=O) groups is 2. The van der Waals surface area contributed by atoms with E-state index in [0.717, 1.165) is 0 Å². The fourth-order valence-corrected chi connectivity index (χ4v) is 2.48. The van der Waals surface area contributed by atoms with Crippen LogP contribution in [-0.4, -0.2) is 30.1 Å². The number of anilines is 2. The van der Waals surface area contributed by atoms with Crippen molar-refractivity contribution in [3.8, 4) is 0 Å². The molecule has 8 heteroatoms. The quantitative estimate of drug-likeness (QED) is 0.505. The van der Waals surface area contributed by atoms with E-state index in [1.807, 2.05) is 0 Å². The van der Waals surface area contributed by atoms with Crippen LogP contribution in [0.15, 0.2) is 54.6 Å². The van der Waals surface area contributed by atoms with Gasteiger partial charge >= 0.3 is 6.09 Å². The molecule has 2 aromatic carbocycles. The highest BCUT2D eigenvalue weighted by atomic mass is 16.6. The van der Waals surface area contributed by atoms with E-state index in [9.17, 15) is 19.7 Å². The fourth-order valence-electron chi connectivity index (χ4n) is 2.48. The number of para-hydroxylation sites is 2. The molecule has 0 bridgehead atoms. The Hall–Kier alpha value is -3.68. The monoisotopic (exact) mass is 353 g/mol. The van der Waals surface area contributed by atoms with Gasteiger partial charge < -0.3 is 10.1 Å². The summed E-state index contributed by atoms with van der Waals surface area (Å²) >= 11 is 0. The molecule has 0 unspecified atom stereocenters. The van der Waals surface area contributed by atoms with Crippen molar-refractivity contribution in [1.29, 1.82) is 0 Å². The first kappa shape index (κ1) is 17.2. The van der Waals surface area contributed by atoms with E-state index < -0.39 is 11.0 Å². The summed E-state index contributed by atoms with van der Waals surface area (Å²) < 4.78 is 4.92. The summed E-state index contributed by atoms with van der Waals surface area (Å²) in [5.41, 5.74) is 1.69. The number of benzene rings is 2. The number of hydrogen-bond donors (Lipinski definition) is 1. The van der Waals surface area contributed by atoms with Gasteiger partial charge in [-0.2, -0.15) is 0 Å². The minimum Gasteiger partial charge on any atom is -0.447 e. The van der Waals surface area contributed by atoms with Crippen molar-refractivity contribution >= 4 is 35.1 Å². The molecule has 1 N–H and O–H groups in total. The Morgan fingerprint density at radius 3 is 2.58 bits per heavy atom. The molecule has 26 heavy (non-hydrogen) atoms. The zero-order valence-electron chi connectivity index (χ0n) is 13.6. The lowest BCUT2D eigenvalue weighted by molar-refractivity contribution is -0.384. The normalized spacial score (nSPS) is 13.7. The van der Waals surface area contributed by atoms with Crippen LogP contribution in [0.3, 0.4) is 0 Å². The Morgan fingerprint density at radius 2 is 1.92 bits per heavy atom. The lowest BCUT2D eigenvalue weighted by Gasteiger charge is -2.17. The smallest absolute Gasteiger partial charge is 0.414 e. The minimum atomic E-state index is -0.486. The molecule has 2 aromatic rings. The summed E-state index contributed by atoms with van der Waals surface area (Å²) in [6, 6.07) is 12.8. The zero-order valence-corrected chi connectivity index (χ0v) is 13.6. The molecule has 1 fully saturated rings. The van der Waals surface area contributed by atoms with Crippen LogP contribution >= 0.6 is 0 Å². The molecule has 0 atom stereocenters. The van der Waals surface area contributed by atoms with E-state index in [-0.39, 0.29) is 11.6 Å². The largest absolute Gasteiger partial charge is 0.447 e. The highest BCUT2D eigenvalue weighted by molar-refractivity contribution is 6.05. The second-order valence-electron chi connectivity index (χ2n) is 5.45. The highest BCUT2D eigenvalue weighted by Crippen LogP contribution is 2.28. The number of nitrogens with zero attached hydrogens (tertiary/aromatic N) is 2. The number of ether oxygens (including phenoxy) is 1. The molecule has 1 aliphatic heterocycles. The van der Waals surface area contributed by atoms with E-state index in [2.05, 4.69) is 5.32 Å². The standard InChI is InChI=1S/C18H15N3O5/c22-17(10-7-13-5-8-14(9-6-13)21(24)25)19-15-3-1-2-4-16(15)20-11-12-26-18(20)23/h1-10H,11-12H2,(H,19,22). The Morgan fingerprint density at radius 1 is 1.19 bits per heavy atom. The predicted molar refractivity (Wildman–Crippen MR) is 95.9 cm³/mol. The lowest BCUT2D eigenvalue weighted by atomic mass is 10.2. The summed E-state index contributed by atoms with van der Waals surface area (Å²) in [6.07, 6.45) is 2.42. The average molecular weight is 353 g/mol. The molecule has 0 spiro atoms. The van der Waals surface area contributed by atoms with E-state index in [1.165, 1.54) is 23.1 Å². The van der Waals surface area contributed by atoms with Crippen LogP contribution in [0.5, 0.6) is 0 Å². The Bertz CT molecular complexity index is 877. The molecule has 3 rings (SSSR count). The number of carbonyl (C=O) groups excluding carboxylic acids is 2. The molecule has 0 radical (unpaired) electrons. The van der Waals surface area contributed by atoms with E-state index in [4.69, 9.17) is 4.74 Å². The van der Waals surface area contributed by atoms with Crippen molar-refractivity contribution in [2.75, 3.05) is 23.4 Å². The first-order chi connectivity index (χ1) is 12.5. The number of nitro groups is 1. The minimum absolute atomic E-state index is 0.0157. The molecule has 2 amide bonds. The number of hydrogen-bond acceptors (Lipinski definition) is 5. The Kier molecular flexibility index (Phi) is 4.93. The Labute approximate surface area is 148 Å².